The minimum absolute atomic E-state index is 0.00975. The SMILES string of the molecule is CC(C)C(=O)NC1CC(CC(=O)O)CN(CC(=O)O)C1. The molecular weight excluding hydrogens is 264 g/mol. The van der Waals surface area contributed by atoms with Gasteiger partial charge >= 0.3 is 11.9 Å². The molecule has 0 aliphatic carbocycles. The zero-order valence-corrected chi connectivity index (χ0v) is 11.8. The summed E-state index contributed by atoms with van der Waals surface area (Å²) in [5, 5.41) is 20.6. The molecule has 7 nitrogen and oxygen atoms in total. The van der Waals surface area contributed by atoms with Gasteiger partial charge in [0.25, 0.3) is 0 Å². The summed E-state index contributed by atoms with van der Waals surface area (Å²) in [6.07, 6.45) is 0.561. The van der Waals surface area contributed by atoms with Crippen LogP contribution in [0.15, 0.2) is 0 Å². The number of hydrogen-bond donors (Lipinski definition) is 3. The fourth-order valence-corrected chi connectivity index (χ4v) is 2.49. The van der Waals surface area contributed by atoms with Gasteiger partial charge in [-0.15, -0.1) is 0 Å². The van der Waals surface area contributed by atoms with Crippen LogP contribution >= 0.6 is 0 Å². The van der Waals surface area contributed by atoms with Gasteiger partial charge in [-0.25, -0.2) is 0 Å². The molecule has 0 aromatic carbocycles. The van der Waals surface area contributed by atoms with Gasteiger partial charge in [-0.2, -0.15) is 0 Å². The van der Waals surface area contributed by atoms with Gasteiger partial charge in [0.05, 0.1) is 6.54 Å². The molecule has 1 heterocycles. The van der Waals surface area contributed by atoms with Gasteiger partial charge in [0.15, 0.2) is 0 Å². The van der Waals surface area contributed by atoms with Gasteiger partial charge in [0.1, 0.15) is 0 Å². The number of aliphatic carboxylic acids is 2. The first-order valence-corrected chi connectivity index (χ1v) is 6.74. The van der Waals surface area contributed by atoms with Crippen LogP contribution in [0.2, 0.25) is 0 Å². The van der Waals surface area contributed by atoms with Crippen LogP contribution in [0.1, 0.15) is 26.7 Å². The van der Waals surface area contributed by atoms with Crippen molar-refractivity contribution in [2.24, 2.45) is 11.8 Å². The van der Waals surface area contributed by atoms with Crippen molar-refractivity contribution in [3.8, 4) is 0 Å². The van der Waals surface area contributed by atoms with Crippen molar-refractivity contribution in [2.75, 3.05) is 19.6 Å². The predicted octanol–water partition coefficient (Wildman–Crippen LogP) is 0.00840. The number of likely N-dealkylation sites (tertiary alicyclic amines) is 1. The van der Waals surface area contributed by atoms with Crippen LogP contribution in [-0.4, -0.2) is 58.6 Å². The summed E-state index contributed by atoms with van der Waals surface area (Å²) in [5.74, 6) is -2.24. The minimum Gasteiger partial charge on any atom is -0.481 e. The van der Waals surface area contributed by atoms with E-state index in [4.69, 9.17) is 10.2 Å². The van der Waals surface area contributed by atoms with E-state index in [1.54, 1.807) is 18.7 Å². The zero-order chi connectivity index (χ0) is 15.3. The van der Waals surface area contributed by atoms with E-state index >= 15 is 0 Å². The molecule has 3 N–H and O–H groups in total. The Labute approximate surface area is 117 Å². The van der Waals surface area contributed by atoms with Crippen LogP contribution in [0, 0.1) is 11.8 Å². The summed E-state index contributed by atoms with van der Waals surface area (Å²) in [7, 11) is 0. The Kier molecular flexibility index (Phi) is 5.94. The van der Waals surface area contributed by atoms with Crippen molar-refractivity contribution in [1.82, 2.24) is 10.2 Å². The average Bonchev–Trinajstić information content (AvgIpc) is 2.25. The lowest BCUT2D eigenvalue weighted by molar-refractivity contribution is -0.139. The molecule has 1 rings (SSSR count). The normalized spacial score (nSPS) is 23.6. The van der Waals surface area contributed by atoms with Gasteiger partial charge in [-0.1, -0.05) is 13.8 Å². The molecule has 0 aromatic rings. The van der Waals surface area contributed by atoms with Gasteiger partial charge in [-0.3, -0.25) is 19.3 Å². The van der Waals surface area contributed by atoms with E-state index in [0.29, 0.717) is 19.5 Å². The van der Waals surface area contributed by atoms with Crippen LogP contribution in [0.4, 0.5) is 0 Å². The largest absolute Gasteiger partial charge is 0.481 e. The number of amides is 1. The minimum atomic E-state index is -0.949. The van der Waals surface area contributed by atoms with Crippen molar-refractivity contribution in [2.45, 2.75) is 32.7 Å². The summed E-state index contributed by atoms with van der Waals surface area (Å²) in [6.45, 7) is 4.31. The number of hydrogen-bond acceptors (Lipinski definition) is 4. The highest BCUT2D eigenvalue weighted by Crippen LogP contribution is 2.20. The van der Waals surface area contributed by atoms with Crippen molar-refractivity contribution in [3.05, 3.63) is 0 Å². The third-order valence-corrected chi connectivity index (χ3v) is 3.31. The predicted molar refractivity (Wildman–Crippen MR) is 71.2 cm³/mol. The first-order valence-electron chi connectivity index (χ1n) is 6.74. The molecular formula is C13H22N2O5. The van der Waals surface area contributed by atoms with E-state index in [-0.39, 0.29) is 36.8 Å². The lowest BCUT2D eigenvalue weighted by atomic mass is 9.91. The molecule has 1 saturated heterocycles. The van der Waals surface area contributed by atoms with Crippen molar-refractivity contribution >= 4 is 17.8 Å². The van der Waals surface area contributed by atoms with E-state index in [0.717, 1.165) is 0 Å². The van der Waals surface area contributed by atoms with Gasteiger partial charge in [-0.05, 0) is 12.3 Å². The molecule has 0 bridgehead atoms. The van der Waals surface area contributed by atoms with Gasteiger partial charge < -0.3 is 15.5 Å². The second-order valence-corrected chi connectivity index (χ2v) is 5.65. The maximum Gasteiger partial charge on any atom is 0.317 e. The topological polar surface area (TPSA) is 107 Å². The van der Waals surface area contributed by atoms with Crippen molar-refractivity contribution < 1.29 is 24.6 Å². The van der Waals surface area contributed by atoms with Crippen LogP contribution in [-0.2, 0) is 14.4 Å². The van der Waals surface area contributed by atoms with Crippen LogP contribution < -0.4 is 5.32 Å². The lowest BCUT2D eigenvalue weighted by Crippen LogP contribution is -2.52. The van der Waals surface area contributed by atoms with Crippen LogP contribution in [0.5, 0.6) is 0 Å². The lowest BCUT2D eigenvalue weighted by Gasteiger charge is -2.37. The molecule has 1 amide bonds. The number of rotatable bonds is 6. The number of carbonyl (C=O) groups is 3. The van der Waals surface area contributed by atoms with E-state index in [1.165, 1.54) is 0 Å². The van der Waals surface area contributed by atoms with E-state index in [2.05, 4.69) is 5.32 Å². The van der Waals surface area contributed by atoms with Gasteiger partial charge in [0.2, 0.25) is 5.91 Å². The summed E-state index contributed by atoms with van der Waals surface area (Å²) in [4.78, 5) is 35.0. The molecule has 0 spiro atoms. The Morgan fingerprint density at radius 2 is 1.85 bits per heavy atom. The maximum absolute atomic E-state index is 11.7. The second-order valence-electron chi connectivity index (χ2n) is 5.65. The van der Waals surface area contributed by atoms with Gasteiger partial charge in [0, 0.05) is 31.5 Å². The number of carbonyl (C=O) groups excluding carboxylic acids is 1. The first-order chi connectivity index (χ1) is 9.27. The number of nitrogens with one attached hydrogen (secondary N) is 1. The summed E-state index contributed by atoms with van der Waals surface area (Å²) >= 11 is 0. The third-order valence-electron chi connectivity index (χ3n) is 3.31. The second kappa shape index (κ2) is 7.23. The molecule has 114 valence electrons. The smallest absolute Gasteiger partial charge is 0.317 e. The molecule has 1 aliphatic rings. The van der Waals surface area contributed by atoms with E-state index in [9.17, 15) is 14.4 Å². The van der Waals surface area contributed by atoms with Crippen molar-refractivity contribution in [1.29, 1.82) is 0 Å². The van der Waals surface area contributed by atoms with Crippen LogP contribution in [0.3, 0.4) is 0 Å². The molecule has 20 heavy (non-hydrogen) atoms. The molecule has 7 heteroatoms. The third kappa shape index (κ3) is 5.56. The molecule has 0 aromatic heterocycles. The molecule has 2 atom stereocenters. The Balaban J connectivity index is 2.65. The number of nitrogens with zero attached hydrogens (tertiary/aromatic N) is 1. The standard InChI is InChI=1S/C13H22N2O5/c1-8(2)13(20)14-10-3-9(4-11(16)17)5-15(6-10)7-12(18)19/h8-10H,3-7H2,1-2H3,(H,14,20)(H,16,17)(H,18,19). The molecule has 0 radical (unpaired) electrons. The summed E-state index contributed by atoms with van der Waals surface area (Å²) < 4.78 is 0. The number of carboxylic acid groups (broad SMARTS) is 2. The van der Waals surface area contributed by atoms with E-state index < -0.39 is 11.9 Å². The maximum atomic E-state index is 11.7. The highest BCUT2D eigenvalue weighted by atomic mass is 16.4. The first kappa shape index (κ1) is 16.4. The summed E-state index contributed by atoms with van der Waals surface area (Å²) in [6, 6.07) is -0.192. The fourth-order valence-electron chi connectivity index (χ4n) is 2.49. The molecule has 2 unspecified atom stereocenters. The highest BCUT2D eigenvalue weighted by molar-refractivity contribution is 5.78. The zero-order valence-electron chi connectivity index (χ0n) is 11.8. The average molecular weight is 286 g/mol. The summed E-state index contributed by atoms with van der Waals surface area (Å²) in [5.41, 5.74) is 0. The van der Waals surface area contributed by atoms with Crippen molar-refractivity contribution in [3.63, 3.8) is 0 Å². The molecule has 1 aliphatic heterocycles. The molecule has 1 fully saturated rings. The Hall–Kier alpha value is -1.63. The number of carboxylic acids is 2. The Bertz CT molecular complexity index is 359. The Morgan fingerprint density at radius 3 is 2.35 bits per heavy atom. The number of piperidine rings is 1. The fraction of sp³-hybridized carbons (Fsp3) is 0.769. The quantitative estimate of drug-likeness (QED) is 0.635. The molecule has 0 saturated carbocycles. The Morgan fingerprint density at radius 1 is 1.20 bits per heavy atom. The van der Waals surface area contributed by atoms with Crippen LogP contribution in [0.25, 0.3) is 0 Å². The van der Waals surface area contributed by atoms with E-state index in [1.807, 2.05) is 0 Å². The highest BCUT2D eigenvalue weighted by Gasteiger charge is 2.30. The monoisotopic (exact) mass is 286 g/mol.